The summed E-state index contributed by atoms with van der Waals surface area (Å²) in [6.45, 7) is 5.14. The van der Waals surface area contributed by atoms with Gasteiger partial charge in [0.15, 0.2) is 5.76 Å². The molecule has 5 heteroatoms. The highest BCUT2D eigenvalue weighted by Gasteiger charge is 2.00. The maximum atomic E-state index is 5.08. The molecule has 0 aliphatic rings. The van der Waals surface area contributed by atoms with Gasteiger partial charge < -0.3 is 9.84 Å². The smallest absolute Gasteiger partial charge is 0.150 e. The van der Waals surface area contributed by atoms with Gasteiger partial charge in [-0.05, 0) is 19.9 Å². The fourth-order valence-corrected chi connectivity index (χ4v) is 1.42. The first-order chi connectivity index (χ1) is 7.74. The van der Waals surface area contributed by atoms with Crippen LogP contribution in [0.15, 0.2) is 22.9 Å². The maximum absolute atomic E-state index is 5.08. The minimum Gasteiger partial charge on any atom is -0.360 e. The summed E-state index contributed by atoms with van der Waals surface area (Å²) in [5.41, 5.74) is 1.87. The van der Waals surface area contributed by atoms with Gasteiger partial charge in [0, 0.05) is 18.8 Å². The first-order valence-electron chi connectivity index (χ1n) is 5.15. The van der Waals surface area contributed by atoms with E-state index in [1.54, 1.807) is 6.20 Å². The molecule has 0 bridgehead atoms. The number of nitrogens with one attached hydrogen (secondary N) is 1. The molecule has 0 aliphatic carbocycles. The lowest BCUT2D eigenvalue weighted by atomic mass is 10.3. The molecule has 5 nitrogen and oxygen atoms in total. The van der Waals surface area contributed by atoms with Gasteiger partial charge in [-0.25, -0.2) is 9.97 Å². The third-order valence-electron chi connectivity index (χ3n) is 2.12. The van der Waals surface area contributed by atoms with E-state index in [0.29, 0.717) is 13.1 Å². The Kier molecular flexibility index (Phi) is 3.26. The molecular formula is C11H14N4O. The van der Waals surface area contributed by atoms with Crippen molar-refractivity contribution >= 4 is 0 Å². The Morgan fingerprint density at radius 2 is 2.19 bits per heavy atom. The zero-order valence-electron chi connectivity index (χ0n) is 9.40. The molecule has 0 saturated heterocycles. The minimum atomic E-state index is 0.657. The fourth-order valence-electron chi connectivity index (χ4n) is 1.42. The molecule has 0 spiro atoms. The van der Waals surface area contributed by atoms with Gasteiger partial charge in [-0.15, -0.1) is 0 Å². The van der Waals surface area contributed by atoms with Gasteiger partial charge in [-0.2, -0.15) is 0 Å². The van der Waals surface area contributed by atoms with E-state index in [-0.39, 0.29) is 0 Å². The summed E-state index contributed by atoms with van der Waals surface area (Å²) >= 11 is 0. The summed E-state index contributed by atoms with van der Waals surface area (Å²) in [5, 5.41) is 7.05. The Labute approximate surface area is 93.9 Å². The lowest BCUT2D eigenvalue weighted by Crippen LogP contribution is -2.13. The highest BCUT2D eigenvalue weighted by atomic mass is 16.5. The van der Waals surface area contributed by atoms with Crippen molar-refractivity contribution < 1.29 is 4.52 Å². The summed E-state index contributed by atoms with van der Waals surface area (Å²) in [4.78, 5) is 8.33. The fraction of sp³-hybridized carbons (Fsp3) is 0.364. The lowest BCUT2D eigenvalue weighted by Gasteiger charge is -2.01. The molecule has 2 aromatic heterocycles. The second kappa shape index (κ2) is 4.85. The lowest BCUT2D eigenvalue weighted by molar-refractivity contribution is 0.369. The predicted octanol–water partition coefficient (Wildman–Crippen LogP) is 1.37. The van der Waals surface area contributed by atoms with Crippen molar-refractivity contribution in [1.29, 1.82) is 0 Å². The van der Waals surface area contributed by atoms with Gasteiger partial charge in [0.05, 0.1) is 17.9 Å². The predicted molar refractivity (Wildman–Crippen MR) is 58.6 cm³/mol. The molecule has 0 saturated carbocycles. The van der Waals surface area contributed by atoms with Gasteiger partial charge in [0.1, 0.15) is 5.82 Å². The third kappa shape index (κ3) is 2.87. The number of nitrogens with zero attached hydrogens (tertiary/aromatic N) is 3. The normalized spacial score (nSPS) is 10.6. The van der Waals surface area contributed by atoms with Gasteiger partial charge in [0.2, 0.25) is 0 Å². The first kappa shape index (κ1) is 10.8. The van der Waals surface area contributed by atoms with Crippen molar-refractivity contribution in [3.05, 3.63) is 41.3 Å². The highest BCUT2D eigenvalue weighted by molar-refractivity contribution is 5.04. The van der Waals surface area contributed by atoms with E-state index in [2.05, 4.69) is 20.4 Å². The molecule has 0 fully saturated rings. The van der Waals surface area contributed by atoms with Crippen molar-refractivity contribution in [2.75, 3.05) is 0 Å². The van der Waals surface area contributed by atoms with Crippen LogP contribution in [0.4, 0.5) is 0 Å². The van der Waals surface area contributed by atoms with Gasteiger partial charge in [-0.3, -0.25) is 0 Å². The second-order valence-electron chi connectivity index (χ2n) is 3.63. The number of aromatic nitrogens is 3. The molecule has 0 unspecified atom stereocenters. The van der Waals surface area contributed by atoms with Crippen LogP contribution in [0.5, 0.6) is 0 Å². The first-order valence-corrected chi connectivity index (χ1v) is 5.15. The molecule has 2 aromatic rings. The van der Waals surface area contributed by atoms with Crippen LogP contribution in [-0.4, -0.2) is 15.1 Å². The number of hydrogen-bond acceptors (Lipinski definition) is 5. The largest absolute Gasteiger partial charge is 0.360 e. The average Bonchev–Trinajstić information content (AvgIpc) is 2.64. The van der Waals surface area contributed by atoms with Crippen molar-refractivity contribution in [3.8, 4) is 0 Å². The van der Waals surface area contributed by atoms with Crippen molar-refractivity contribution in [1.82, 2.24) is 20.4 Å². The van der Waals surface area contributed by atoms with Crippen LogP contribution in [0.3, 0.4) is 0 Å². The Morgan fingerprint density at radius 1 is 1.31 bits per heavy atom. The number of hydrogen-bond donors (Lipinski definition) is 1. The zero-order chi connectivity index (χ0) is 11.4. The molecule has 0 amide bonds. The summed E-state index contributed by atoms with van der Waals surface area (Å²) < 4.78 is 5.08. The van der Waals surface area contributed by atoms with Crippen LogP contribution in [0.1, 0.15) is 23.0 Å². The van der Waals surface area contributed by atoms with Crippen LogP contribution < -0.4 is 5.32 Å². The summed E-state index contributed by atoms with van der Waals surface area (Å²) in [7, 11) is 0. The van der Waals surface area contributed by atoms with Crippen LogP contribution in [0.2, 0.25) is 0 Å². The zero-order valence-corrected chi connectivity index (χ0v) is 9.40. The number of rotatable bonds is 4. The average molecular weight is 218 g/mol. The van der Waals surface area contributed by atoms with Crippen molar-refractivity contribution in [2.45, 2.75) is 26.9 Å². The Bertz CT molecular complexity index is 467. The molecular weight excluding hydrogens is 204 g/mol. The topological polar surface area (TPSA) is 63.8 Å². The van der Waals surface area contributed by atoms with Crippen LogP contribution >= 0.6 is 0 Å². The second-order valence-corrected chi connectivity index (χ2v) is 3.63. The van der Waals surface area contributed by atoms with E-state index < -0.39 is 0 Å². The highest BCUT2D eigenvalue weighted by Crippen LogP contribution is 2.02. The summed E-state index contributed by atoms with van der Waals surface area (Å²) in [6, 6.07) is 3.81. The Balaban J connectivity index is 1.84. The molecule has 0 radical (unpaired) electrons. The SMILES string of the molecule is Cc1cc(CNCc2ccnc(C)n2)on1. The third-order valence-corrected chi connectivity index (χ3v) is 2.12. The molecule has 2 heterocycles. The van der Waals surface area contributed by atoms with Gasteiger partial charge in [0.25, 0.3) is 0 Å². The Morgan fingerprint density at radius 3 is 2.88 bits per heavy atom. The molecule has 1 N–H and O–H groups in total. The van der Waals surface area contributed by atoms with E-state index in [4.69, 9.17) is 4.52 Å². The molecule has 0 aliphatic heterocycles. The van der Waals surface area contributed by atoms with E-state index >= 15 is 0 Å². The molecule has 16 heavy (non-hydrogen) atoms. The van der Waals surface area contributed by atoms with Crippen molar-refractivity contribution in [3.63, 3.8) is 0 Å². The maximum Gasteiger partial charge on any atom is 0.150 e. The Hall–Kier alpha value is -1.75. The van der Waals surface area contributed by atoms with Crippen LogP contribution in [0, 0.1) is 13.8 Å². The van der Waals surface area contributed by atoms with Gasteiger partial charge in [-0.1, -0.05) is 5.16 Å². The molecule has 84 valence electrons. The van der Waals surface area contributed by atoms with Crippen molar-refractivity contribution in [2.24, 2.45) is 0 Å². The molecule has 0 atom stereocenters. The van der Waals surface area contributed by atoms with Crippen LogP contribution in [0.25, 0.3) is 0 Å². The van der Waals surface area contributed by atoms with Gasteiger partial charge >= 0.3 is 0 Å². The van der Waals surface area contributed by atoms with E-state index in [1.165, 1.54) is 0 Å². The van der Waals surface area contributed by atoms with E-state index in [1.807, 2.05) is 26.0 Å². The standard InChI is InChI=1S/C11H14N4O/c1-8-5-11(16-15-8)7-12-6-10-3-4-13-9(2)14-10/h3-5,12H,6-7H2,1-2H3. The quantitative estimate of drug-likeness (QED) is 0.839. The van der Waals surface area contributed by atoms with Crippen LogP contribution in [-0.2, 0) is 13.1 Å². The minimum absolute atomic E-state index is 0.657. The van der Waals surface area contributed by atoms with E-state index in [0.717, 1.165) is 23.0 Å². The summed E-state index contributed by atoms with van der Waals surface area (Å²) in [6.07, 6.45) is 1.76. The number of aryl methyl sites for hydroxylation is 2. The summed E-state index contributed by atoms with van der Waals surface area (Å²) in [5.74, 6) is 1.62. The van der Waals surface area contributed by atoms with E-state index in [9.17, 15) is 0 Å². The molecule has 0 aromatic carbocycles. The molecule has 2 rings (SSSR count). The monoisotopic (exact) mass is 218 g/mol.